The summed E-state index contributed by atoms with van der Waals surface area (Å²) >= 11 is 0. The first-order valence-electron chi connectivity index (χ1n) is 7.46. The first-order chi connectivity index (χ1) is 11.1. The molecule has 0 bridgehead atoms. The number of imide groups is 1. The van der Waals surface area contributed by atoms with Gasteiger partial charge in [0, 0.05) is 0 Å². The van der Waals surface area contributed by atoms with Crippen LogP contribution in [0.4, 0.5) is 0 Å². The summed E-state index contributed by atoms with van der Waals surface area (Å²) in [5, 5.41) is 0.804. The molecule has 0 aromatic heterocycles. The molecule has 1 atom stereocenters. The van der Waals surface area contributed by atoms with Crippen LogP contribution in [0.3, 0.4) is 0 Å². The summed E-state index contributed by atoms with van der Waals surface area (Å²) in [6.45, 7) is 1.89. The molecule has 116 valence electrons. The Morgan fingerprint density at radius 1 is 0.957 bits per heavy atom. The summed E-state index contributed by atoms with van der Waals surface area (Å²) in [6, 6.07) is 15.8. The van der Waals surface area contributed by atoms with Gasteiger partial charge in [0.2, 0.25) is 5.91 Å². The van der Waals surface area contributed by atoms with Crippen molar-refractivity contribution in [3.05, 3.63) is 71.3 Å². The normalized spacial score (nSPS) is 14.6. The van der Waals surface area contributed by atoms with Gasteiger partial charge in [-0.05, 0) is 24.1 Å². The van der Waals surface area contributed by atoms with E-state index < -0.39 is 17.7 Å². The zero-order valence-electron chi connectivity index (χ0n) is 12.7. The zero-order valence-corrected chi connectivity index (χ0v) is 12.7. The lowest BCUT2D eigenvalue weighted by molar-refractivity contribution is -0.125. The fourth-order valence-electron chi connectivity index (χ4n) is 2.74. The van der Waals surface area contributed by atoms with E-state index in [2.05, 4.69) is 5.43 Å². The van der Waals surface area contributed by atoms with E-state index in [1.54, 1.807) is 24.3 Å². The molecule has 5 heteroatoms. The van der Waals surface area contributed by atoms with Gasteiger partial charge in [-0.2, -0.15) is 5.01 Å². The first kappa shape index (κ1) is 15.0. The molecule has 0 fully saturated rings. The lowest BCUT2D eigenvalue weighted by Crippen LogP contribution is -2.47. The van der Waals surface area contributed by atoms with Gasteiger partial charge >= 0.3 is 0 Å². The minimum absolute atomic E-state index is 0.311. The summed E-state index contributed by atoms with van der Waals surface area (Å²) in [7, 11) is 0. The first-order valence-corrected chi connectivity index (χ1v) is 7.46. The molecule has 0 saturated heterocycles. The summed E-state index contributed by atoms with van der Waals surface area (Å²) in [5.41, 5.74) is 3.94. The van der Waals surface area contributed by atoms with Gasteiger partial charge in [-0.15, -0.1) is 0 Å². The van der Waals surface area contributed by atoms with Crippen molar-refractivity contribution in [2.24, 2.45) is 0 Å². The second-order valence-electron chi connectivity index (χ2n) is 5.34. The number of rotatable bonds is 4. The number of amides is 3. The molecule has 0 aliphatic carbocycles. The number of nitrogens with zero attached hydrogens (tertiary/aromatic N) is 1. The highest BCUT2D eigenvalue weighted by atomic mass is 16.2. The molecular weight excluding hydrogens is 292 g/mol. The van der Waals surface area contributed by atoms with Crippen molar-refractivity contribution in [3.63, 3.8) is 0 Å². The summed E-state index contributed by atoms with van der Waals surface area (Å²) in [4.78, 5) is 37.1. The molecule has 0 radical (unpaired) electrons. The Morgan fingerprint density at radius 2 is 1.48 bits per heavy atom. The van der Waals surface area contributed by atoms with Gasteiger partial charge in [0.25, 0.3) is 11.8 Å². The Bertz CT molecular complexity index is 736. The molecule has 0 saturated carbocycles. The van der Waals surface area contributed by atoms with Crippen LogP contribution in [0.2, 0.25) is 0 Å². The van der Waals surface area contributed by atoms with Crippen LogP contribution >= 0.6 is 0 Å². The number of benzene rings is 2. The van der Waals surface area contributed by atoms with Crippen molar-refractivity contribution in [1.29, 1.82) is 0 Å². The molecule has 3 rings (SSSR count). The van der Waals surface area contributed by atoms with Gasteiger partial charge in [0.05, 0.1) is 17.0 Å². The predicted molar refractivity (Wildman–Crippen MR) is 84.6 cm³/mol. The zero-order chi connectivity index (χ0) is 16.4. The van der Waals surface area contributed by atoms with E-state index in [0.29, 0.717) is 17.5 Å². The van der Waals surface area contributed by atoms with Gasteiger partial charge in [-0.25, -0.2) is 0 Å². The molecule has 2 aromatic rings. The van der Waals surface area contributed by atoms with E-state index in [9.17, 15) is 14.4 Å². The maximum Gasteiger partial charge on any atom is 0.280 e. The summed E-state index contributed by atoms with van der Waals surface area (Å²) < 4.78 is 0. The van der Waals surface area contributed by atoms with Crippen LogP contribution in [0.25, 0.3) is 0 Å². The van der Waals surface area contributed by atoms with E-state index in [1.165, 1.54) is 0 Å². The van der Waals surface area contributed by atoms with Crippen molar-refractivity contribution in [1.82, 2.24) is 10.4 Å². The van der Waals surface area contributed by atoms with E-state index in [4.69, 9.17) is 0 Å². The lowest BCUT2D eigenvalue weighted by Gasteiger charge is -2.20. The summed E-state index contributed by atoms with van der Waals surface area (Å²) in [6.07, 6.45) is 0.568. The monoisotopic (exact) mass is 308 g/mol. The third-order valence-electron chi connectivity index (χ3n) is 3.94. The van der Waals surface area contributed by atoms with Gasteiger partial charge < -0.3 is 0 Å². The lowest BCUT2D eigenvalue weighted by atomic mass is 9.96. The average Bonchev–Trinajstić information content (AvgIpc) is 2.82. The molecule has 5 nitrogen and oxygen atoms in total. The Labute approximate surface area is 133 Å². The Hall–Kier alpha value is -2.95. The Morgan fingerprint density at radius 3 is 2.00 bits per heavy atom. The number of hydrogen-bond donors (Lipinski definition) is 1. The van der Waals surface area contributed by atoms with Crippen LogP contribution in [0, 0.1) is 0 Å². The SMILES string of the molecule is CC[C@@H](C(=O)NN1C(=O)c2ccccc2C1=O)c1ccccc1. The van der Waals surface area contributed by atoms with Gasteiger partial charge in [0.15, 0.2) is 0 Å². The molecule has 1 N–H and O–H groups in total. The fraction of sp³-hybridized carbons (Fsp3) is 0.167. The largest absolute Gasteiger partial charge is 0.280 e. The highest BCUT2D eigenvalue weighted by Crippen LogP contribution is 2.23. The standard InChI is InChI=1S/C18H16N2O3/c1-2-13(12-8-4-3-5-9-12)16(21)19-20-17(22)14-10-6-7-11-15(14)18(20)23/h3-11,13H,2H2,1H3,(H,19,21)/t13-/m1/s1. The molecular formula is C18H16N2O3. The van der Waals surface area contributed by atoms with Crippen LogP contribution in [0.1, 0.15) is 45.5 Å². The van der Waals surface area contributed by atoms with Gasteiger partial charge in [-0.1, -0.05) is 49.4 Å². The molecule has 3 amide bonds. The van der Waals surface area contributed by atoms with Crippen LogP contribution in [0.5, 0.6) is 0 Å². The van der Waals surface area contributed by atoms with Gasteiger partial charge in [0.1, 0.15) is 0 Å². The molecule has 1 aliphatic heterocycles. The maximum atomic E-state index is 12.5. The second-order valence-corrected chi connectivity index (χ2v) is 5.34. The maximum absolute atomic E-state index is 12.5. The van der Waals surface area contributed by atoms with Crippen molar-refractivity contribution < 1.29 is 14.4 Å². The van der Waals surface area contributed by atoms with E-state index in [0.717, 1.165) is 10.6 Å². The van der Waals surface area contributed by atoms with Crippen molar-refractivity contribution in [3.8, 4) is 0 Å². The second kappa shape index (κ2) is 6.04. The molecule has 0 spiro atoms. The molecule has 1 heterocycles. The minimum Gasteiger partial charge on any atom is -0.273 e. The third kappa shape index (κ3) is 2.61. The molecule has 23 heavy (non-hydrogen) atoms. The molecule has 2 aromatic carbocycles. The van der Waals surface area contributed by atoms with E-state index in [-0.39, 0.29) is 5.91 Å². The number of hydrogen-bond acceptors (Lipinski definition) is 3. The summed E-state index contributed by atoms with van der Waals surface area (Å²) in [5.74, 6) is -1.78. The number of hydrazine groups is 1. The third-order valence-corrected chi connectivity index (χ3v) is 3.94. The van der Waals surface area contributed by atoms with Crippen molar-refractivity contribution >= 4 is 17.7 Å². The minimum atomic E-state index is -0.498. The van der Waals surface area contributed by atoms with Crippen LogP contribution < -0.4 is 5.43 Å². The van der Waals surface area contributed by atoms with Crippen molar-refractivity contribution in [2.45, 2.75) is 19.3 Å². The highest BCUT2D eigenvalue weighted by Gasteiger charge is 2.37. The van der Waals surface area contributed by atoms with Crippen LogP contribution in [0.15, 0.2) is 54.6 Å². The predicted octanol–water partition coefficient (Wildman–Crippen LogP) is 2.51. The number of carbonyl (C=O) groups is 3. The Kier molecular flexibility index (Phi) is 3.93. The smallest absolute Gasteiger partial charge is 0.273 e. The molecule has 0 unspecified atom stereocenters. The van der Waals surface area contributed by atoms with Crippen molar-refractivity contribution in [2.75, 3.05) is 0 Å². The number of carbonyl (C=O) groups excluding carboxylic acids is 3. The highest BCUT2D eigenvalue weighted by molar-refractivity contribution is 6.21. The number of nitrogens with one attached hydrogen (secondary N) is 1. The topological polar surface area (TPSA) is 66.5 Å². The van der Waals surface area contributed by atoms with Crippen LogP contribution in [-0.4, -0.2) is 22.7 Å². The van der Waals surface area contributed by atoms with Crippen LogP contribution in [-0.2, 0) is 4.79 Å². The Balaban J connectivity index is 1.81. The fourth-order valence-corrected chi connectivity index (χ4v) is 2.74. The molecule has 1 aliphatic rings. The van der Waals surface area contributed by atoms with E-state index >= 15 is 0 Å². The average molecular weight is 308 g/mol. The quantitative estimate of drug-likeness (QED) is 0.883. The van der Waals surface area contributed by atoms with E-state index in [1.807, 2.05) is 37.3 Å². The van der Waals surface area contributed by atoms with Gasteiger partial charge in [-0.3, -0.25) is 19.8 Å². The number of fused-ring (bicyclic) bond motifs is 1.